The molecule has 0 spiro atoms. The predicted molar refractivity (Wildman–Crippen MR) is 118 cm³/mol. The van der Waals surface area contributed by atoms with E-state index in [1.165, 1.54) is 18.6 Å². The van der Waals surface area contributed by atoms with Gasteiger partial charge in [-0.25, -0.2) is 24.3 Å². The van der Waals surface area contributed by atoms with Crippen molar-refractivity contribution in [2.75, 3.05) is 23.3 Å². The van der Waals surface area contributed by atoms with E-state index in [1.807, 2.05) is 4.90 Å². The lowest BCUT2D eigenvalue weighted by molar-refractivity contribution is -0.274. The standard InChI is InChI=1S/C21H16ClF4N7O2/c22-16-15(35-21(24,25)26)3-2-13(17(16)23)30-19-18-14(28-10-29-19)7-27-20(31-18)33-9-11-6-12(33)8-32(11)4-1-5-34/h1-5,7,10-12H,6,8-9H2,(H,28,29,30)/b4-1+/t11-,12-/m0/s1. The summed E-state index contributed by atoms with van der Waals surface area (Å²) in [5, 5.41) is 1.89. The van der Waals surface area contributed by atoms with Crippen LogP contribution in [0.1, 0.15) is 6.42 Å². The van der Waals surface area contributed by atoms with Crippen LogP contribution in [0.3, 0.4) is 0 Å². The fraction of sp³-hybridized carbons (Fsp3) is 0.286. The minimum atomic E-state index is -5.02. The zero-order valence-corrected chi connectivity index (χ0v) is 18.5. The number of alkyl halides is 3. The molecule has 0 amide bonds. The lowest BCUT2D eigenvalue weighted by Crippen LogP contribution is -2.44. The number of allylic oxidation sites excluding steroid dienone is 1. The number of likely N-dealkylation sites (tertiary alicyclic amines) is 1. The van der Waals surface area contributed by atoms with Crippen LogP contribution in [0.4, 0.5) is 35.0 Å². The molecule has 2 aliphatic heterocycles. The molecule has 0 unspecified atom stereocenters. The molecule has 9 nitrogen and oxygen atoms in total. The van der Waals surface area contributed by atoms with E-state index < -0.39 is 23.0 Å². The van der Waals surface area contributed by atoms with Crippen LogP contribution in [0.15, 0.2) is 36.9 Å². The Morgan fingerprint density at radius 3 is 2.71 bits per heavy atom. The lowest BCUT2D eigenvalue weighted by Gasteiger charge is -2.33. The van der Waals surface area contributed by atoms with Crippen molar-refractivity contribution in [3.05, 3.63) is 47.8 Å². The maximum absolute atomic E-state index is 14.7. The van der Waals surface area contributed by atoms with Crippen molar-refractivity contribution in [3.63, 3.8) is 0 Å². The molecule has 2 fully saturated rings. The minimum absolute atomic E-state index is 0.123. The first-order valence-electron chi connectivity index (χ1n) is 10.4. The molecule has 5 rings (SSSR count). The number of rotatable bonds is 6. The van der Waals surface area contributed by atoms with Gasteiger partial charge in [0.1, 0.15) is 28.7 Å². The topological polar surface area (TPSA) is 96.4 Å². The third-order valence-corrected chi connectivity index (χ3v) is 6.14. The number of anilines is 3. The number of ether oxygens (including phenoxy) is 1. The molecule has 2 bridgehead atoms. The monoisotopic (exact) mass is 509 g/mol. The number of aldehydes is 1. The summed E-state index contributed by atoms with van der Waals surface area (Å²) in [5.41, 5.74) is 0.460. The molecule has 1 aromatic carbocycles. The van der Waals surface area contributed by atoms with Crippen molar-refractivity contribution in [1.82, 2.24) is 24.8 Å². The van der Waals surface area contributed by atoms with Crippen molar-refractivity contribution in [3.8, 4) is 5.75 Å². The average molecular weight is 510 g/mol. The van der Waals surface area contributed by atoms with Crippen LogP contribution in [0, 0.1) is 5.82 Å². The van der Waals surface area contributed by atoms with E-state index in [0.717, 1.165) is 24.8 Å². The third kappa shape index (κ3) is 4.50. The van der Waals surface area contributed by atoms with E-state index in [2.05, 4.69) is 34.9 Å². The Balaban J connectivity index is 1.42. The number of nitrogens with zero attached hydrogens (tertiary/aromatic N) is 6. The van der Waals surface area contributed by atoms with Crippen LogP contribution < -0.4 is 15.0 Å². The van der Waals surface area contributed by atoms with Gasteiger partial charge in [-0.3, -0.25) is 4.79 Å². The Kier molecular flexibility index (Phi) is 5.79. The van der Waals surface area contributed by atoms with E-state index in [4.69, 9.17) is 11.6 Å². The van der Waals surface area contributed by atoms with Gasteiger partial charge in [0.15, 0.2) is 17.4 Å². The maximum Gasteiger partial charge on any atom is 0.573 e. The number of piperazine rings is 1. The van der Waals surface area contributed by atoms with Gasteiger partial charge in [0.2, 0.25) is 5.95 Å². The molecular formula is C21H16ClF4N7O2. The first kappa shape index (κ1) is 23.0. The van der Waals surface area contributed by atoms with Gasteiger partial charge >= 0.3 is 6.36 Å². The van der Waals surface area contributed by atoms with Crippen molar-refractivity contribution >= 4 is 46.4 Å². The Bertz CT molecular complexity index is 1320. The third-order valence-electron chi connectivity index (χ3n) is 5.79. The van der Waals surface area contributed by atoms with Gasteiger partial charge in [-0.05, 0) is 24.6 Å². The first-order valence-corrected chi connectivity index (χ1v) is 10.7. The summed E-state index contributed by atoms with van der Waals surface area (Å²) in [6.45, 7) is 1.36. The highest BCUT2D eigenvalue weighted by Gasteiger charge is 2.43. The van der Waals surface area contributed by atoms with Crippen molar-refractivity contribution in [2.45, 2.75) is 24.9 Å². The number of aromatic nitrogens is 4. The zero-order chi connectivity index (χ0) is 24.7. The van der Waals surface area contributed by atoms with Crippen molar-refractivity contribution < 1.29 is 27.1 Å². The van der Waals surface area contributed by atoms with E-state index >= 15 is 0 Å². The Morgan fingerprint density at radius 1 is 1.17 bits per heavy atom. The van der Waals surface area contributed by atoms with E-state index in [1.54, 1.807) is 6.20 Å². The molecule has 35 heavy (non-hydrogen) atoms. The molecule has 4 heterocycles. The van der Waals surface area contributed by atoms with Gasteiger partial charge in [0.25, 0.3) is 0 Å². The molecule has 2 aliphatic rings. The van der Waals surface area contributed by atoms with Crippen molar-refractivity contribution in [1.29, 1.82) is 0 Å². The number of fused-ring (bicyclic) bond motifs is 3. The van der Waals surface area contributed by atoms with Crippen LogP contribution in [-0.4, -0.2) is 62.7 Å². The molecule has 2 atom stereocenters. The van der Waals surface area contributed by atoms with Gasteiger partial charge in [0, 0.05) is 25.3 Å². The maximum atomic E-state index is 14.7. The van der Waals surface area contributed by atoms with E-state index in [9.17, 15) is 22.4 Å². The molecular weight excluding hydrogens is 494 g/mol. The van der Waals surface area contributed by atoms with Crippen LogP contribution in [-0.2, 0) is 4.79 Å². The molecule has 14 heteroatoms. The summed E-state index contributed by atoms with van der Waals surface area (Å²) in [6, 6.07) is 2.32. The Morgan fingerprint density at radius 2 is 2.00 bits per heavy atom. The molecule has 0 saturated carbocycles. The summed E-state index contributed by atoms with van der Waals surface area (Å²) in [4.78, 5) is 32.0. The Labute approximate surface area is 200 Å². The summed E-state index contributed by atoms with van der Waals surface area (Å²) in [5.74, 6) is -1.44. The predicted octanol–water partition coefficient (Wildman–Crippen LogP) is 3.83. The number of hydrogen-bond acceptors (Lipinski definition) is 9. The van der Waals surface area contributed by atoms with Gasteiger partial charge in [-0.15, -0.1) is 13.2 Å². The van der Waals surface area contributed by atoms with Gasteiger partial charge < -0.3 is 19.9 Å². The highest BCUT2D eigenvalue weighted by atomic mass is 35.5. The summed E-state index contributed by atoms with van der Waals surface area (Å²) >= 11 is 5.75. The lowest BCUT2D eigenvalue weighted by atomic mass is 10.2. The highest BCUT2D eigenvalue weighted by Crippen LogP contribution is 2.37. The van der Waals surface area contributed by atoms with Crippen molar-refractivity contribution in [2.24, 2.45) is 0 Å². The number of hydrogen-bond donors (Lipinski definition) is 1. The van der Waals surface area contributed by atoms with Crippen LogP contribution in [0.2, 0.25) is 5.02 Å². The smallest absolute Gasteiger partial charge is 0.404 e. The second kappa shape index (κ2) is 8.80. The van der Waals surface area contributed by atoms with Crippen LogP contribution in [0.25, 0.3) is 11.0 Å². The minimum Gasteiger partial charge on any atom is -0.404 e. The number of nitrogens with one attached hydrogen (secondary N) is 1. The van der Waals surface area contributed by atoms with E-state index in [0.29, 0.717) is 30.1 Å². The number of carbonyl (C=O) groups is 1. The number of carbonyl (C=O) groups excluding carboxylic acids is 1. The van der Waals surface area contributed by atoms with Crippen LogP contribution >= 0.6 is 11.6 Å². The quantitative estimate of drug-likeness (QED) is 0.302. The molecule has 3 aromatic rings. The average Bonchev–Trinajstić information content (AvgIpc) is 3.42. The second-order valence-electron chi connectivity index (χ2n) is 7.91. The first-order chi connectivity index (χ1) is 16.7. The fourth-order valence-electron chi connectivity index (χ4n) is 4.31. The largest absolute Gasteiger partial charge is 0.573 e. The normalized spacial score (nSPS) is 19.7. The Hall–Kier alpha value is -3.74. The van der Waals surface area contributed by atoms with E-state index in [-0.39, 0.29) is 23.6 Å². The molecule has 182 valence electrons. The highest BCUT2D eigenvalue weighted by molar-refractivity contribution is 6.32. The number of halogens is 5. The molecule has 0 aliphatic carbocycles. The molecule has 2 aromatic heterocycles. The summed E-state index contributed by atoms with van der Waals surface area (Å²) in [7, 11) is 0. The number of benzene rings is 1. The van der Waals surface area contributed by atoms with Gasteiger partial charge in [0.05, 0.1) is 17.9 Å². The van der Waals surface area contributed by atoms with Gasteiger partial charge in [-0.2, -0.15) is 0 Å². The second-order valence-corrected chi connectivity index (χ2v) is 8.29. The fourth-order valence-corrected chi connectivity index (χ4v) is 4.51. The molecule has 0 radical (unpaired) electrons. The SMILES string of the molecule is O=C/C=C/N1C[C@@H]2C[C@H]1CN2c1ncc2ncnc(Nc3ccc(OC(F)(F)F)c(Cl)c3F)c2n1. The molecule has 1 N–H and O–H groups in total. The summed E-state index contributed by atoms with van der Waals surface area (Å²) in [6.07, 6.45) is 2.58. The van der Waals surface area contributed by atoms with Gasteiger partial charge in [-0.1, -0.05) is 11.6 Å². The summed E-state index contributed by atoms with van der Waals surface area (Å²) < 4.78 is 56.0. The molecule has 2 saturated heterocycles. The zero-order valence-electron chi connectivity index (χ0n) is 17.7. The van der Waals surface area contributed by atoms with Crippen LogP contribution in [0.5, 0.6) is 5.75 Å².